The van der Waals surface area contributed by atoms with Crippen molar-refractivity contribution >= 4 is 11.7 Å². The molecule has 0 saturated carbocycles. The number of hydrogen-bond acceptors (Lipinski definition) is 8. The number of rotatable bonds is 9. The summed E-state index contributed by atoms with van der Waals surface area (Å²) < 4.78 is 17.0. The van der Waals surface area contributed by atoms with Crippen LogP contribution in [0.1, 0.15) is 53.6 Å². The van der Waals surface area contributed by atoms with Crippen molar-refractivity contribution < 1.29 is 23.9 Å². The summed E-state index contributed by atoms with van der Waals surface area (Å²) in [5.41, 5.74) is 7.26. The number of para-hydroxylation sites is 1. The molecule has 9 nitrogen and oxygen atoms in total. The second-order valence-electron chi connectivity index (χ2n) is 8.42. The number of fused-ring (bicyclic) bond motifs is 1. The summed E-state index contributed by atoms with van der Waals surface area (Å²) in [5.74, 6) is -0.351. The van der Waals surface area contributed by atoms with E-state index in [1.807, 2.05) is 24.3 Å². The van der Waals surface area contributed by atoms with Crippen LogP contribution < -0.4 is 19.9 Å². The van der Waals surface area contributed by atoms with Crippen molar-refractivity contribution in [3.8, 4) is 23.3 Å². The van der Waals surface area contributed by atoms with Crippen LogP contribution in [0.3, 0.4) is 0 Å². The van der Waals surface area contributed by atoms with E-state index in [-0.39, 0.29) is 28.5 Å². The van der Waals surface area contributed by atoms with E-state index in [2.05, 4.69) is 13.0 Å². The van der Waals surface area contributed by atoms with Crippen LogP contribution in [0.25, 0.3) is 0 Å². The van der Waals surface area contributed by atoms with E-state index < -0.39 is 16.8 Å². The molecule has 3 aromatic carbocycles. The van der Waals surface area contributed by atoms with Gasteiger partial charge >= 0.3 is 5.97 Å². The Balaban J connectivity index is 1.63. The number of nitro groups is 1. The standard InChI is InChI=1S/C28H25N3O6/c1-2-3-6-14-35-19-9-7-8-18(15-19)26-22-13-12-20(16-25(22)37-27(30)23(26)17-29)36-28(32)21-10-4-5-11-24(21)31(33)34/h4-5,7-13,15-16,26H,2-3,6,14,30H2,1H3. The molecule has 0 saturated heterocycles. The van der Waals surface area contributed by atoms with Gasteiger partial charge in [0, 0.05) is 17.7 Å². The molecule has 1 heterocycles. The van der Waals surface area contributed by atoms with Gasteiger partial charge in [-0.1, -0.05) is 50.1 Å². The fraction of sp³-hybridized carbons (Fsp3) is 0.214. The highest BCUT2D eigenvalue weighted by atomic mass is 16.6. The van der Waals surface area contributed by atoms with Crippen molar-refractivity contribution in [2.45, 2.75) is 32.1 Å². The summed E-state index contributed by atoms with van der Waals surface area (Å²) in [6.07, 6.45) is 3.12. The summed E-state index contributed by atoms with van der Waals surface area (Å²) in [7, 11) is 0. The van der Waals surface area contributed by atoms with Crippen molar-refractivity contribution in [1.82, 2.24) is 0 Å². The van der Waals surface area contributed by atoms with Crippen LogP contribution >= 0.6 is 0 Å². The molecule has 1 aliphatic rings. The first-order valence-corrected chi connectivity index (χ1v) is 11.8. The molecule has 0 spiro atoms. The number of nitrogens with two attached hydrogens (primary N) is 1. The number of esters is 1. The second kappa shape index (κ2) is 11.3. The minimum atomic E-state index is -0.881. The van der Waals surface area contributed by atoms with E-state index in [4.69, 9.17) is 19.9 Å². The minimum absolute atomic E-state index is 0.0589. The third kappa shape index (κ3) is 5.54. The lowest BCUT2D eigenvalue weighted by Crippen LogP contribution is -2.21. The zero-order valence-electron chi connectivity index (χ0n) is 20.2. The highest BCUT2D eigenvalue weighted by molar-refractivity contribution is 5.95. The lowest BCUT2D eigenvalue weighted by molar-refractivity contribution is -0.385. The van der Waals surface area contributed by atoms with Crippen molar-refractivity contribution in [3.63, 3.8) is 0 Å². The molecule has 0 bridgehead atoms. The van der Waals surface area contributed by atoms with Crippen LogP contribution in [-0.2, 0) is 0 Å². The molecular weight excluding hydrogens is 474 g/mol. The van der Waals surface area contributed by atoms with Crippen molar-refractivity contribution in [3.05, 3.63) is 105 Å². The van der Waals surface area contributed by atoms with Gasteiger partial charge in [-0.15, -0.1) is 0 Å². The number of hydrogen-bond donors (Lipinski definition) is 1. The molecule has 0 aromatic heterocycles. The Morgan fingerprint density at radius 1 is 1.11 bits per heavy atom. The van der Waals surface area contributed by atoms with Gasteiger partial charge in [0.15, 0.2) is 0 Å². The third-order valence-corrected chi connectivity index (χ3v) is 5.93. The zero-order chi connectivity index (χ0) is 26.4. The number of ether oxygens (including phenoxy) is 3. The summed E-state index contributed by atoms with van der Waals surface area (Å²) in [6, 6.07) is 19.9. The van der Waals surface area contributed by atoms with E-state index in [1.165, 1.54) is 30.3 Å². The third-order valence-electron chi connectivity index (χ3n) is 5.93. The van der Waals surface area contributed by atoms with Gasteiger partial charge in [0.25, 0.3) is 5.69 Å². The Labute approximate surface area is 213 Å². The van der Waals surface area contributed by atoms with Crippen LogP contribution in [0.15, 0.2) is 78.2 Å². The molecule has 2 N–H and O–H groups in total. The Kier molecular flexibility index (Phi) is 7.69. The fourth-order valence-corrected chi connectivity index (χ4v) is 4.14. The molecular formula is C28H25N3O6. The lowest BCUT2D eigenvalue weighted by Gasteiger charge is -2.27. The van der Waals surface area contributed by atoms with Crippen LogP contribution in [0.4, 0.5) is 5.69 Å². The van der Waals surface area contributed by atoms with E-state index in [9.17, 15) is 20.2 Å². The number of unbranched alkanes of at least 4 members (excludes halogenated alkanes) is 2. The first kappa shape index (κ1) is 25.3. The van der Waals surface area contributed by atoms with E-state index >= 15 is 0 Å². The predicted molar refractivity (Wildman–Crippen MR) is 135 cm³/mol. The second-order valence-corrected chi connectivity index (χ2v) is 8.42. The summed E-state index contributed by atoms with van der Waals surface area (Å²) in [4.78, 5) is 23.3. The molecule has 0 fully saturated rings. The van der Waals surface area contributed by atoms with Gasteiger partial charge in [0.2, 0.25) is 5.88 Å². The quantitative estimate of drug-likeness (QED) is 0.132. The Morgan fingerprint density at radius 2 is 1.92 bits per heavy atom. The molecule has 1 aliphatic heterocycles. The van der Waals surface area contributed by atoms with E-state index in [0.717, 1.165) is 24.8 Å². The molecule has 1 unspecified atom stereocenters. The molecule has 0 aliphatic carbocycles. The zero-order valence-corrected chi connectivity index (χ0v) is 20.2. The molecule has 188 valence electrons. The maximum atomic E-state index is 12.7. The fourth-order valence-electron chi connectivity index (χ4n) is 4.14. The van der Waals surface area contributed by atoms with Gasteiger partial charge in [0.05, 0.1) is 17.4 Å². The SMILES string of the molecule is CCCCCOc1cccc(C2C(C#N)=C(N)Oc3cc(OC(=O)c4ccccc4[N+](=O)[O-])ccc32)c1. The molecule has 4 rings (SSSR count). The number of carbonyl (C=O) groups is 1. The van der Waals surface area contributed by atoms with E-state index in [1.54, 1.807) is 12.1 Å². The van der Waals surface area contributed by atoms with Gasteiger partial charge in [-0.2, -0.15) is 5.26 Å². The Bertz CT molecular complexity index is 1410. The van der Waals surface area contributed by atoms with Crippen molar-refractivity contribution in [2.24, 2.45) is 5.73 Å². The lowest BCUT2D eigenvalue weighted by atomic mass is 9.83. The molecule has 0 amide bonds. The van der Waals surface area contributed by atoms with Gasteiger partial charge in [-0.25, -0.2) is 4.79 Å². The largest absolute Gasteiger partial charge is 0.494 e. The number of allylic oxidation sites excluding steroid dienone is 1. The van der Waals surface area contributed by atoms with Gasteiger partial charge in [0.1, 0.15) is 34.5 Å². The van der Waals surface area contributed by atoms with Crippen LogP contribution in [0.5, 0.6) is 17.2 Å². The minimum Gasteiger partial charge on any atom is -0.494 e. The molecule has 37 heavy (non-hydrogen) atoms. The monoisotopic (exact) mass is 499 g/mol. The Morgan fingerprint density at radius 3 is 2.68 bits per heavy atom. The van der Waals surface area contributed by atoms with Crippen LogP contribution in [0, 0.1) is 21.4 Å². The number of nitriles is 1. The maximum absolute atomic E-state index is 12.7. The normalized spacial score (nSPS) is 14.2. The summed E-state index contributed by atoms with van der Waals surface area (Å²) in [6.45, 7) is 2.72. The topological polar surface area (TPSA) is 138 Å². The predicted octanol–water partition coefficient (Wildman–Crippen LogP) is 5.60. The van der Waals surface area contributed by atoms with Crippen molar-refractivity contribution in [2.75, 3.05) is 6.61 Å². The van der Waals surface area contributed by atoms with Crippen LogP contribution in [-0.4, -0.2) is 17.5 Å². The smallest absolute Gasteiger partial charge is 0.350 e. The van der Waals surface area contributed by atoms with Gasteiger partial charge < -0.3 is 19.9 Å². The average Bonchev–Trinajstić information content (AvgIpc) is 2.90. The highest BCUT2D eigenvalue weighted by Crippen LogP contribution is 2.44. The number of carbonyl (C=O) groups excluding carboxylic acids is 1. The summed E-state index contributed by atoms with van der Waals surface area (Å²) >= 11 is 0. The number of nitrogens with zero attached hydrogens (tertiary/aromatic N) is 2. The van der Waals surface area contributed by atoms with Crippen LogP contribution in [0.2, 0.25) is 0 Å². The van der Waals surface area contributed by atoms with Crippen molar-refractivity contribution in [1.29, 1.82) is 5.26 Å². The van der Waals surface area contributed by atoms with E-state index in [0.29, 0.717) is 23.7 Å². The maximum Gasteiger partial charge on any atom is 0.350 e. The molecule has 0 radical (unpaired) electrons. The number of nitro benzene ring substituents is 1. The average molecular weight is 500 g/mol. The summed E-state index contributed by atoms with van der Waals surface area (Å²) in [5, 5.41) is 21.1. The first-order valence-electron chi connectivity index (χ1n) is 11.8. The van der Waals surface area contributed by atoms with Gasteiger partial charge in [-0.05, 0) is 36.2 Å². The molecule has 3 aromatic rings. The molecule has 1 atom stereocenters. The van der Waals surface area contributed by atoms with Gasteiger partial charge in [-0.3, -0.25) is 10.1 Å². The first-order chi connectivity index (χ1) is 17.9. The highest BCUT2D eigenvalue weighted by Gasteiger charge is 2.31. The molecule has 9 heteroatoms. The number of benzene rings is 3. The Hall–Kier alpha value is -4.84.